The highest BCUT2D eigenvalue weighted by Gasteiger charge is 2.49. The van der Waals surface area contributed by atoms with Crippen LogP contribution in [0.15, 0.2) is 72.9 Å². The quantitative estimate of drug-likeness (QED) is 0.213. The molecule has 0 saturated heterocycles. The number of aromatic nitrogens is 2. The maximum Gasteiger partial charge on any atom is 0.255 e. The van der Waals surface area contributed by atoms with Crippen molar-refractivity contribution in [2.75, 3.05) is 10.6 Å². The first-order chi connectivity index (χ1) is 19.3. The van der Waals surface area contributed by atoms with Crippen molar-refractivity contribution in [2.24, 2.45) is 0 Å². The topological polar surface area (TPSA) is 98.9 Å². The van der Waals surface area contributed by atoms with Crippen LogP contribution < -0.4 is 16.0 Å². The number of rotatable bonds is 8. The number of pyridine rings is 1. The summed E-state index contributed by atoms with van der Waals surface area (Å²) in [6.45, 7) is 0. The van der Waals surface area contributed by atoms with Crippen LogP contribution in [0.5, 0.6) is 0 Å². The summed E-state index contributed by atoms with van der Waals surface area (Å²) in [6, 6.07) is 17.7. The molecule has 2 aromatic carbocycles. The number of carbonyl (C=O) groups is 2. The minimum absolute atomic E-state index is 0.156. The Balaban J connectivity index is 1.33. The summed E-state index contributed by atoms with van der Waals surface area (Å²) in [5.41, 5.74) is 4.11. The van der Waals surface area contributed by atoms with Gasteiger partial charge in [-0.15, -0.1) is 0 Å². The van der Waals surface area contributed by atoms with E-state index in [0.717, 1.165) is 36.4 Å². The third-order valence-corrected chi connectivity index (χ3v) is 7.40. The first-order valence-electron chi connectivity index (χ1n) is 13.0. The van der Waals surface area contributed by atoms with Crippen LogP contribution in [0.1, 0.15) is 46.8 Å². The van der Waals surface area contributed by atoms with Gasteiger partial charge in [-0.25, -0.2) is 18.2 Å². The molecule has 1 fully saturated rings. The number of anilines is 3. The summed E-state index contributed by atoms with van der Waals surface area (Å²) < 4.78 is 40.1. The van der Waals surface area contributed by atoms with Crippen molar-refractivity contribution in [3.63, 3.8) is 0 Å². The second-order valence-electron chi connectivity index (χ2n) is 10.3. The number of nitrogens with zero attached hydrogens (tertiary/aromatic N) is 1. The summed E-state index contributed by atoms with van der Waals surface area (Å²) in [5, 5.41) is 9.16. The van der Waals surface area contributed by atoms with Gasteiger partial charge < -0.3 is 20.9 Å². The van der Waals surface area contributed by atoms with E-state index in [4.69, 9.17) is 0 Å². The normalized spacial score (nSPS) is 15.8. The Hall–Kier alpha value is -4.60. The van der Waals surface area contributed by atoms with Gasteiger partial charge in [0.1, 0.15) is 11.6 Å². The highest BCUT2D eigenvalue weighted by molar-refractivity contribution is 6.07. The maximum atomic E-state index is 13.4. The second kappa shape index (κ2) is 10.2. The van der Waals surface area contributed by atoms with Gasteiger partial charge in [-0.1, -0.05) is 30.3 Å². The Bertz CT molecular complexity index is 1570. The lowest BCUT2D eigenvalue weighted by Crippen LogP contribution is -2.43. The Morgan fingerprint density at radius 3 is 2.50 bits per heavy atom. The SMILES string of the molecule is O=C1NC2(CC2)Cc2[nH]c(-c3ccnc(NC(=O)C(CC(F)F)c4ccc(F)cc4)c3)c(Nc3ccccc3)c21. The van der Waals surface area contributed by atoms with Crippen molar-refractivity contribution >= 4 is 29.0 Å². The van der Waals surface area contributed by atoms with Crippen LogP contribution in [0.3, 0.4) is 0 Å². The van der Waals surface area contributed by atoms with Gasteiger partial charge >= 0.3 is 0 Å². The van der Waals surface area contributed by atoms with Crippen LogP contribution in [0, 0.1) is 5.82 Å². The number of benzene rings is 2. The number of fused-ring (bicyclic) bond motifs is 1. The van der Waals surface area contributed by atoms with E-state index >= 15 is 0 Å². The van der Waals surface area contributed by atoms with E-state index in [1.54, 1.807) is 12.1 Å². The van der Waals surface area contributed by atoms with Gasteiger partial charge in [0.2, 0.25) is 12.3 Å². The molecule has 2 amide bonds. The molecule has 1 unspecified atom stereocenters. The molecule has 1 aliphatic carbocycles. The minimum atomic E-state index is -2.74. The Labute approximate surface area is 228 Å². The van der Waals surface area contributed by atoms with E-state index < -0.39 is 30.5 Å². The number of carbonyl (C=O) groups excluding carboxylic acids is 2. The Kier molecular flexibility index (Phi) is 6.53. The van der Waals surface area contributed by atoms with Gasteiger partial charge in [0.15, 0.2) is 0 Å². The predicted molar refractivity (Wildman–Crippen MR) is 145 cm³/mol. The third-order valence-electron chi connectivity index (χ3n) is 7.40. The molecule has 1 aliphatic heterocycles. The number of nitrogens with one attached hydrogen (secondary N) is 4. The van der Waals surface area contributed by atoms with E-state index in [-0.39, 0.29) is 22.8 Å². The highest BCUT2D eigenvalue weighted by atomic mass is 19.3. The monoisotopic (exact) mass is 545 g/mol. The van der Waals surface area contributed by atoms with Crippen LogP contribution in [0.4, 0.5) is 30.4 Å². The number of para-hydroxylation sites is 1. The fourth-order valence-corrected chi connectivity index (χ4v) is 5.22. The number of aromatic amines is 1. The summed E-state index contributed by atoms with van der Waals surface area (Å²) in [4.78, 5) is 34.0. The van der Waals surface area contributed by atoms with Crippen molar-refractivity contribution in [1.29, 1.82) is 0 Å². The summed E-state index contributed by atoms with van der Waals surface area (Å²) in [7, 11) is 0. The fraction of sp³-hybridized carbons (Fsp3) is 0.233. The molecule has 10 heteroatoms. The third kappa shape index (κ3) is 5.16. The molecule has 2 aliphatic rings. The van der Waals surface area contributed by atoms with E-state index in [1.807, 2.05) is 30.3 Å². The Morgan fingerprint density at radius 2 is 1.80 bits per heavy atom. The molecule has 1 saturated carbocycles. The molecule has 4 aromatic rings. The van der Waals surface area contributed by atoms with Gasteiger partial charge in [0.25, 0.3) is 5.91 Å². The molecular weight excluding hydrogens is 519 g/mol. The van der Waals surface area contributed by atoms with E-state index in [1.165, 1.54) is 18.3 Å². The van der Waals surface area contributed by atoms with Crippen LogP contribution in [0.25, 0.3) is 11.3 Å². The molecule has 204 valence electrons. The molecule has 1 spiro atoms. The highest BCUT2D eigenvalue weighted by Crippen LogP contribution is 2.46. The van der Waals surface area contributed by atoms with Gasteiger partial charge in [-0.05, 0) is 54.8 Å². The zero-order valence-electron chi connectivity index (χ0n) is 21.3. The van der Waals surface area contributed by atoms with Crippen LogP contribution >= 0.6 is 0 Å². The molecule has 7 nitrogen and oxygen atoms in total. The molecule has 1 atom stereocenters. The van der Waals surface area contributed by atoms with Crippen LogP contribution in [-0.2, 0) is 11.2 Å². The molecule has 0 bridgehead atoms. The molecule has 0 radical (unpaired) electrons. The zero-order chi connectivity index (χ0) is 27.9. The van der Waals surface area contributed by atoms with Gasteiger partial charge in [-0.2, -0.15) is 0 Å². The van der Waals surface area contributed by atoms with Crippen molar-refractivity contribution in [3.8, 4) is 11.3 Å². The maximum absolute atomic E-state index is 13.4. The van der Waals surface area contributed by atoms with Crippen molar-refractivity contribution in [3.05, 3.63) is 95.6 Å². The standard InChI is InChI=1S/C30H26F3N5O2/c31-19-8-6-17(7-9-19)21(15-23(32)33)28(39)37-24-14-18(10-13-34-24)26-27(35-20-4-2-1-3-5-20)25-22(36-26)16-30(11-12-30)38-29(25)40/h1-10,13-14,21,23,35-36H,11-12,15-16H2,(H,38,40)(H,34,37,39). The van der Waals surface area contributed by atoms with Crippen molar-refractivity contribution < 1.29 is 22.8 Å². The number of halogens is 3. The summed E-state index contributed by atoms with van der Waals surface area (Å²) in [6.07, 6.45) is 0.569. The number of hydrogen-bond acceptors (Lipinski definition) is 4. The van der Waals surface area contributed by atoms with E-state index in [0.29, 0.717) is 28.9 Å². The number of hydrogen-bond donors (Lipinski definition) is 4. The predicted octanol–water partition coefficient (Wildman–Crippen LogP) is 6.16. The molecule has 4 N–H and O–H groups in total. The number of alkyl halides is 2. The molecule has 6 rings (SSSR count). The largest absolute Gasteiger partial charge is 0.356 e. The van der Waals surface area contributed by atoms with E-state index in [9.17, 15) is 22.8 Å². The summed E-state index contributed by atoms with van der Waals surface area (Å²) in [5.74, 6) is -2.40. The smallest absolute Gasteiger partial charge is 0.255 e. The lowest BCUT2D eigenvalue weighted by molar-refractivity contribution is -0.118. The lowest BCUT2D eigenvalue weighted by Gasteiger charge is -2.23. The minimum Gasteiger partial charge on any atom is -0.356 e. The molecule has 40 heavy (non-hydrogen) atoms. The van der Waals surface area contributed by atoms with Crippen LogP contribution in [0.2, 0.25) is 0 Å². The molecule has 2 aromatic heterocycles. The molecule has 3 heterocycles. The van der Waals surface area contributed by atoms with Crippen molar-refractivity contribution in [2.45, 2.75) is 43.6 Å². The fourth-order valence-electron chi connectivity index (χ4n) is 5.22. The van der Waals surface area contributed by atoms with Gasteiger partial charge in [0, 0.05) is 41.5 Å². The van der Waals surface area contributed by atoms with Gasteiger partial charge in [0.05, 0.1) is 22.9 Å². The average Bonchev–Trinajstić information content (AvgIpc) is 3.57. The first-order valence-corrected chi connectivity index (χ1v) is 13.0. The zero-order valence-corrected chi connectivity index (χ0v) is 21.3. The molecular formula is C30H26F3N5O2. The summed E-state index contributed by atoms with van der Waals surface area (Å²) >= 11 is 0. The van der Waals surface area contributed by atoms with E-state index in [2.05, 4.69) is 25.9 Å². The second-order valence-corrected chi connectivity index (χ2v) is 10.3. The van der Waals surface area contributed by atoms with Crippen molar-refractivity contribution in [1.82, 2.24) is 15.3 Å². The average molecular weight is 546 g/mol. The first kappa shape index (κ1) is 25.7. The van der Waals surface area contributed by atoms with Gasteiger partial charge in [-0.3, -0.25) is 9.59 Å². The Morgan fingerprint density at radius 1 is 1.05 bits per heavy atom. The number of amides is 2. The number of H-pyrrole nitrogens is 1. The lowest BCUT2D eigenvalue weighted by atomic mass is 9.95. The van der Waals surface area contributed by atoms with Crippen LogP contribution in [-0.4, -0.2) is 33.7 Å².